The summed E-state index contributed by atoms with van der Waals surface area (Å²) in [5.74, 6) is 0.357. The Bertz CT molecular complexity index is 1300. The van der Waals surface area contributed by atoms with E-state index in [2.05, 4.69) is 36.2 Å². The van der Waals surface area contributed by atoms with E-state index in [1.54, 1.807) is 23.1 Å². The van der Waals surface area contributed by atoms with Crippen LogP contribution in [0.5, 0.6) is 0 Å². The van der Waals surface area contributed by atoms with Crippen LogP contribution >= 0.6 is 11.3 Å². The number of nitrogens with one attached hydrogen (secondary N) is 4. The molecule has 5 rings (SSSR count). The van der Waals surface area contributed by atoms with Crippen molar-refractivity contribution < 1.29 is 9.59 Å². The zero-order valence-corrected chi connectivity index (χ0v) is 18.8. The maximum absolute atomic E-state index is 12.8. The van der Waals surface area contributed by atoms with Crippen LogP contribution in [0.25, 0.3) is 10.9 Å². The average Bonchev–Trinajstić information content (AvgIpc) is 3.58. The molecular formula is C21H23N9O2S. The van der Waals surface area contributed by atoms with Gasteiger partial charge >= 0.3 is 0 Å². The molecule has 4 heterocycles. The van der Waals surface area contributed by atoms with Gasteiger partial charge in [-0.25, -0.2) is 4.98 Å². The van der Waals surface area contributed by atoms with Crippen molar-refractivity contribution in [3.63, 3.8) is 0 Å². The first-order chi connectivity index (χ1) is 16.1. The van der Waals surface area contributed by atoms with Gasteiger partial charge in [0.15, 0.2) is 10.9 Å². The number of hydrogen-bond donors (Lipinski definition) is 4. The van der Waals surface area contributed by atoms with Gasteiger partial charge in [0.1, 0.15) is 11.4 Å². The van der Waals surface area contributed by atoms with Crippen molar-refractivity contribution in [2.24, 2.45) is 0 Å². The highest BCUT2D eigenvalue weighted by Crippen LogP contribution is 2.28. The molecule has 1 aliphatic heterocycles. The molecule has 0 bridgehead atoms. The second-order valence-electron chi connectivity index (χ2n) is 7.73. The maximum atomic E-state index is 12.8. The van der Waals surface area contributed by atoms with Crippen molar-refractivity contribution in [2.75, 3.05) is 36.8 Å². The number of aromatic nitrogens is 5. The number of carbonyl (C=O) groups excluding carboxylic acids is 2. The van der Waals surface area contributed by atoms with Gasteiger partial charge in [-0.05, 0) is 18.6 Å². The van der Waals surface area contributed by atoms with E-state index in [1.165, 1.54) is 17.5 Å². The molecule has 0 spiro atoms. The topological polar surface area (TPSA) is 133 Å². The normalized spacial score (nSPS) is 13.9. The van der Waals surface area contributed by atoms with Crippen LogP contribution < -0.4 is 16.0 Å². The second-order valence-corrected chi connectivity index (χ2v) is 8.76. The van der Waals surface area contributed by atoms with Gasteiger partial charge in [-0.2, -0.15) is 10.2 Å². The number of piperazine rings is 1. The average molecular weight is 466 g/mol. The van der Waals surface area contributed by atoms with E-state index in [0.29, 0.717) is 28.9 Å². The number of nitrogens with zero attached hydrogens (tertiary/aromatic N) is 5. The van der Waals surface area contributed by atoms with E-state index in [4.69, 9.17) is 0 Å². The zero-order valence-electron chi connectivity index (χ0n) is 18.0. The fraction of sp³-hybridized carbons (Fsp3) is 0.286. The highest BCUT2D eigenvalue weighted by atomic mass is 32.1. The molecular weight excluding hydrogens is 442 g/mol. The summed E-state index contributed by atoms with van der Waals surface area (Å²) in [7, 11) is 0. The van der Waals surface area contributed by atoms with Crippen LogP contribution in [0, 0.1) is 6.92 Å². The Morgan fingerprint density at radius 1 is 1.18 bits per heavy atom. The number of carbonyl (C=O) groups is 2. The molecule has 1 aromatic carbocycles. The van der Waals surface area contributed by atoms with E-state index in [9.17, 15) is 9.59 Å². The maximum Gasteiger partial charge on any atom is 0.267 e. The Morgan fingerprint density at radius 3 is 2.88 bits per heavy atom. The quantitative estimate of drug-likeness (QED) is 0.342. The fourth-order valence-corrected chi connectivity index (χ4v) is 4.40. The molecule has 0 unspecified atom stereocenters. The largest absolute Gasteiger partial charge is 0.339 e. The molecule has 2 amide bonds. The summed E-state index contributed by atoms with van der Waals surface area (Å²) < 4.78 is 1.60. The number of aromatic amines is 1. The van der Waals surface area contributed by atoms with Crippen LogP contribution in [0.3, 0.4) is 0 Å². The van der Waals surface area contributed by atoms with Crippen molar-refractivity contribution in [3.05, 3.63) is 47.2 Å². The molecule has 4 aromatic rings. The minimum Gasteiger partial charge on any atom is -0.339 e. The summed E-state index contributed by atoms with van der Waals surface area (Å²) in [6.45, 7) is 5.17. The van der Waals surface area contributed by atoms with Gasteiger partial charge in [-0.1, -0.05) is 17.4 Å². The number of fused-ring (bicyclic) bond motifs is 1. The lowest BCUT2D eigenvalue weighted by atomic mass is 10.1. The van der Waals surface area contributed by atoms with Gasteiger partial charge in [0.05, 0.1) is 23.6 Å². The summed E-state index contributed by atoms with van der Waals surface area (Å²) in [4.78, 5) is 31.8. The number of aryl methyl sites for hydroxylation is 1. The SMILES string of the molecule is Cc1ccc2[nH]ncc2c1NC(=O)c1cnc(Nc2ccn(CC(=O)N3CCNCC3)n2)s1. The van der Waals surface area contributed by atoms with Crippen molar-refractivity contribution in [3.8, 4) is 0 Å². The monoisotopic (exact) mass is 465 g/mol. The molecule has 0 aliphatic carbocycles. The van der Waals surface area contributed by atoms with Crippen molar-refractivity contribution in [2.45, 2.75) is 13.5 Å². The number of benzene rings is 1. The predicted octanol–water partition coefficient (Wildman–Crippen LogP) is 1.95. The standard InChI is InChI=1S/C21H23N9O2S/c1-13-2-3-15-14(10-24-27-15)19(13)26-20(32)16-11-23-21(33-16)25-17-4-7-30(28-17)12-18(31)29-8-5-22-6-9-29/h2-4,7,10-11,22H,5-6,8-9,12H2,1H3,(H,24,27)(H,26,32)(H,23,25,28). The molecule has 3 aromatic heterocycles. The minimum atomic E-state index is -0.246. The fourth-order valence-electron chi connectivity index (χ4n) is 3.68. The molecule has 0 radical (unpaired) electrons. The van der Waals surface area contributed by atoms with E-state index in [1.807, 2.05) is 24.0 Å². The third-order valence-electron chi connectivity index (χ3n) is 5.44. The lowest BCUT2D eigenvalue weighted by molar-refractivity contribution is -0.132. The molecule has 11 nitrogen and oxygen atoms in total. The van der Waals surface area contributed by atoms with Gasteiger partial charge < -0.3 is 20.9 Å². The first-order valence-corrected chi connectivity index (χ1v) is 11.4. The predicted molar refractivity (Wildman–Crippen MR) is 126 cm³/mol. The first kappa shape index (κ1) is 21.1. The molecule has 170 valence electrons. The molecule has 12 heteroatoms. The van der Waals surface area contributed by atoms with Crippen LogP contribution in [-0.4, -0.2) is 67.9 Å². The molecule has 0 saturated carbocycles. The minimum absolute atomic E-state index is 0.0438. The second kappa shape index (κ2) is 9.00. The van der Waals surface area contributed by atoms with Crippen LogP contribution in [0.4, 0.5) is 16.6 Å². The van der Waals surface area contributed by atoms with Crippen LogP contribution in [0.2, 0.25) is 0 Å². The smallest absolute Gasteiger partial charge is 0.267 e. The van der Waals surface area contributed by atoms with E-state index in [0.717, 1.165) is 35.2 Å². The molecule has 1 saturated heterocycles. The highest BCUT2D eigenvalue weighted by Gasteiger charge is 2.18. The molecule has 0 atom stereocenters. The summed E-state index contributed by atoms with van der Waals surface area (Å²) >= 11 is 1.23. The van der Waals surface area contributed by atoms with Crippen LogP contribution in [-0.2, 0) is 11.3 Å². The molecule has 4 N–H and O–H groups in total. The Morgan fingerprint density at radius 2 is 2.03 bits per heavy atom. The van der Waals surface area contributed by atoms with Crippen molar-refractivity contribution >= 4 is 50.7 Å². The summed E-state index contributed by atoms with van der Waals surface area (Å²) in [5.41, 5.74) is 2.52. The molecule has 33 heavy (non-hydrogen) atoms. The summed E-state index contributed by atoms with van der Waals surface area (Å²) in [5, 5.41) is 22.0. The summed E-state index contributed by atoms with van der Waals surface area (Å²) in [6.07, 6.45) is 4.97. The third-order valence-corrected chi connectivity index (χ3v) is 6.35. The lowest BCUT2D eigenvalue weighted by Gasteiger charge is -2.27. The number of anilines is 3. The third kappa shape index (κ3) is 4.56. The van der Waals surface area contributed by atoms with Gasteiger partial charge in [-0.15, -0.1) is 0 Å². The van der Waals surface area contributed by atoms with E-state index >= 15 is 0 Å². The van der Waals surface area contributed by atoms with Crippen LogP contribution in [0.15, 0.2) is 36.8 Å². The van der Waals surface area contributed by atoms with E-state index in [-0.39, 0.29) is 18.4 Å². The Balaban J connectivity index is 1.22. The first-order valence-electron chi connectivity index (χ1n) is 10.6. The zero-order chi connectivity index (χ0) is 22.8. The summed E-state index contributed by atoms with van der Waals surface area (Å²) in [6, 6.07) is 5.63. The Hall–Kier alpha value is -3.77. The molecule has 1 fully saturated rings. The van der Waals surface area contributed by atoms with E-state index < -0.39 is 0 Å². The van der Waals surface area contributed by atoms with Gasteiger partial charge in [0, 0.05) is 43.8 Å². The number of H-pyrrole nitrogens is 1. The van der Waals surface area contributed by atoms with Gasteiger partial charge in [0.2, 0.25) is 5.91 Å². The Labute approximate surface area is 193 Å². The van der Waals surface area contributed by atoms with Crippen molar-refractivity contribution in [1.29, 1.82) is 0 Å². The number of rotatable bonds is 6. The highest BCUT2D eigenvalue weighted by molar-refractivity contribution is 7.17. The lowest BCUT2D eigenvalue weighted by Crippen LogP contribution is -2.47. The van der Waals surface area contributed by atoms with Gasteiger partial charge in [-0.3, -0.25) is 19.4 Å². The number of hydrogen-bond acceptors (Lipinski definition) is 8. The number of thiazole rings is 1. The Kier molecular flexibility index (Phi) is 5.75. The number of amides is 2. The van der Waals surface area contributed by atoms with Gasteiger partial charge in [0.25, 0.3) is 5.91 Å². The molecule has 1 aliphatic rings. The van der Waals surface area contributed by atoms with Crippen LogP contribution in [0.1, 0.15) is 15.2 Å². The van der Waals surface area contributed by atoms with Crippen molar-refractivity contribution in [1.82, 2.24) is 35.2 Å².